The van der Waals surface area contributed by atoms with Crippen LogP contribution in [-0.4, -0.2) is 24.8 Å². The molecule has 1 heterocycles. The Kier molecular flexibility index (Phi) is 2.15. The fraction of sp³-hybridized carbons (Fsp3) is 0.889. The molecule has 0 spiro atoms. The molecule has 3 nitrogen and oxygen atoms in total. The predicted molar refractivity (Wildman–Crippen MR) is 42.6 cm³/mol. The van der Waals surface area contributed by atoms with Crippen molar-refractivity contribution in [2.24, 2.45) is 5.92 Å². The Morgan fingerprint density at radius 1 is 1.50 bits per heavy atom. The van der Waals surface area contributed by atoms with Gasteiger partial charge < -0.3 is 9.47 Å². The lowest BCUT2D eigenvalue weighted by Crippen LogP contribution is -2.16. The van der Waals surface area contributed by atoms with E-state index in [2.05, 4.69) is 0 Å². The van der Waals surface area contributed by atoms with Crippen molar-refractivity contribution in [3.8, 4) is 0 Å². The lowest BCUT2D eigenvalue weighted by atomic mass is 10.2. The Morgan fingerprint density at radius 3 is 2.75 bits per heavy atom. The van der Waals surface area contributed by atoms with Gasteiger partial charge in [-0.2, -0.15) is 0 Å². The van der Waals surface area contributed by atoms with Crippen molar-refractivity contribution in [3.05, 3.63) is 0 Å². The zero-order valence-electron chi connectivity index (χ0n) is 7.29. The summed E-state index contributed by atoms with van der Waals surface area (Å²) in [4.78, 5) is 11.3. The third-order valence-corrected chi connectivity index (χ3v) is 2.30. The van der Waals surface area contributed by atoms with Gasteiger partial charge in [0.1, 0.15) is 5.78 Å². The molecule has 1 saturated heterocycles. The minimum atomic E-state index is -0.256. The van der Waals surface area contributed by atoms with Crippen molar-refractivity contribution in [1.82, 2.24) is 0 Å². The molecule has 1 aliphatic heterocycles. The van der Waals surface area contributed by atoms with Crippen molar-refractivity contribution in [2.45, 2.75) is 38.6 Å². The molecular weight excluding hydrogens is 156 g/mol. The monoisotopic (exact) mass is 170 g/mol. The Labute approximate surface area is 72.0 Å². The number of Topliss-reactive ketones (excluding diaryl/α,β-unsaturated/α-hetero) is 1. The second-order valence-electron chi connectivity index (χ2n) is 3.65. The molecule has 1 saturated carbocycles. The Hall–Kier alpha value is -0.410. The standard InChI is InChI=1S/C9H14O3/c1-6-5-11-9(12-6)4-8(10)7-2-3-7/h6-7,9H,2-5H2,1H3. The summed E-state index contributed by atoms with van der Waals surface area (Å²) in [6, 6.07) is 0. The average molecular weight is 170 g/mol. The number of hydrogen-bond donors (Lipinski definition) is 0. The molecule has 0 N–H and O–H groups in total. The lowest BCUT2D eigenvalue weighted by Gasteiger charge is -2.07. The number of ether oxygens (including phenoxy) is 2. The average Bonchev–Trinajstić information content (AvgIpc) is 2.78. The molecule has 2 atom stereocenters. The molecule has 2 rings (SSSR count). The van der Waals surface area contributed by atoms with E-state index in [4.69, 9.17) is 9.47 Å². The Balaban J connectivity index is 1.75. The van der Waals surface area contributed by atoms with Gasteiger partial charge in [-0.1, -0.05) is 0 Å². The molecule has 0 bridgehead atoms. The quantitative estimate of drug-likeness (QED) is 0.636. The van der Waals surface area contributed by atoms with Gasteiger partial charge in [-0.25, -0.2) is 0 Å². The molecule has 68 valence electrons. The van der Waals surface area contributed by atoms with E-state index in [-0.39, 0.29) is 12.4 Å². The van der Waals surface area contributed by atoms with Crippen molar-refractivity contribution >= 4 is 5.78 Å². The summed E-state index contributed by atoms with van der Waals surface area (Å²) in [6.45, 7) is 2.59. The predicted octanol–water partition coefficient (Wildman–Crippen LogP) is 1.12. The fourth-order valence-corrected chi connectivity index (χ4v) is 1.42. The van der Waals surface area contributed by atoms with Gasteiger partial charge in [0.25, 0.3) is 0 Å². The van der Waals surface area contributed by atoms with Crippen LogP contribution >= 0.6 is 0 Å². The normalized spacial score (nSPS) is 35.4. The number of carbonyl (C=O) groups excluding carboxylic acids is 1. The van der Waals surface area contributed by atoms with Gasteiger partial charge in [0.05, 0.1) is 19.1 Å². The summed E-state index contributed by atoms with van der Waals surface area (Å²) < 4.78 is 10.6. The van der Waals surface area contributed by atoms with Gasteiger partial charge >= 0.3 is 0 Å². The van der Waals surface area contributed by atoms with Crippen LogP contribution in [0.15, 0.2) is 0 Å². The van der Waals surface area contributed by atoms with Crippen LogP contribution in [0.1, 0.15) is 26.2 Å². The van der Waals surface area contributed by atoms with Crippen LogP contribution in [-0.2, 0) is 14.3 Å². The maximum atomic E-state index is 11.3. The van der Waals surface area contributed by atoms with Crippen LogP contribution in [0, 0.1) is 5.92 Å². The first kappa shape index (κ1) is 8.20. The summed E-state index contributed by atoms with van der Waals surface area (Å²) in [5.41, 5.74) is 0. The largest absolute Gasteiger partial charge is 0.349 e. The summed E-state index contributed by atoms with van der Waals surface area (Å²) >= 11 is 0. The lowest BCUT2D eigenvalue weighted by molar-refractivity contribution is -0.129. The molecule has 12 heavy (non-hydrogen) atoms. The van der Waals surface area contributed by atoms with Crippen LogP contribution in [0.3, 0.4) is 0 Å². The highest BCUT2D eigenvalue weighted by atomic mass is 16.7. The van der Waals surface area contributed by atoms with Gasteiger partial charge in [0.15, 0.2) is 6.29 Å². The van der Waals surface area contributed by atoms with E-state index in [1.54, 1.807) is 0 Å². The number of carbonyl (C=O) groups is 1. The second-order valence-corrected chi connectivity index (χ2v) is 3.65. The third-order valence-electron chi connectivity index (χ3n) is 2.30. The smallest absolute Gasteiger partial charge is 0.165 e. The van der Waals surface area contributed by atoms with Crippen LogP contribution in [0.25, 0.3) is 0 Å². The van der Waals surface area contributed by atoms with Gasteiger partial charge in [-0.3, -0.25) is 4.79 Å². The topological polar surface area (TPSA) is 35.5 Å². The number of hydrogen-bond acceptors (Lipinski definition) is 3. The zero-order chi connectivity index (χ0) is 8.55. The first-order valence-corrected chi connectivity index (χ1v) is 4.55. The number of rotatable bonds is 3. The first-order valence-electron chi connectivity index (χ1n) is 4.55. The molecule has 0 radical (unpaired) electrons. The van der Waals surface area contributed by atoms with Gasteiger partial charge in [-0.15, -0.1) is 0 Å². The van der Waals surface area contributed by atoms with E-state index in [0.717, 1.165) is 12.8 Å². The van der Waals surface area contributed by atoms with Crippen LogP contribution in [0.5, 0.6) is 0 Å². The molecule has 0 aromatic heterocycles. The van der Waals surface area contributed by atoms with Gasteiger partial charge in [-0.05, 0) is 19.8 Å². The Bertz CT molecular complexity index is 186. The van der Waals surface area contributed by atoms with E-state index >= 15 is 0 Å². The third kappa shape index (κ3) is 1.84. The van der Waals surface area contributed by atoms with E-state index in [1.165, 1.54) is 0 Å². The molecule has 0 aromatic rings. The summed E-state index contributed by atoms with van der Waals surface area (Å²) in [5.74, 6) is 0.641. The summed E-state index contributed by atoms with van der Waals surface area (Å²) in [7, 11) is 0. The van der Waals surface area contributed by atoms with E-state index < -0.39 is 0 Å². The molecule has 0 amide bonds. The fourth-order valence-electron chi connectivity index (χ4n) is 1.42. The molecule has 2 fully saturated rings. The molecule has 2 aliphatic rings. The highest BCUT2D eigenvalue weighted by molar-refractivity contribution is 5.83. The van der Waals surface area contributed by atoms with E-state index in [9.17, 15) is 4.79 Å². The van der Waals surface area contributed by atoms with Crippen molar-refractivity contribution in [1.29, 1.82) is 0 Å². The van der Waals surface area contributed by atoms with Crippen LogP contribution < -0.4 is 0 Å². The highest BCUT2D eigenvalue weighted by Crippen LogP contribution is 2.32. The molecule has 1 aliphatic carbocycles. The minimum Gasteiger partial charge on any atom is -0.349 e. The highest BCUT2D eigenvalue weighted by Gasteiger charge is 2.33. The van der Waals surface area contributed by atoms with Crippen LogP contribution in [0.2, 0.25) is 0 Å². The van der Waals surface area contributed by atoms with Crippen molar-refractivity contribution in [3.63, 3.8) is 0 Å². The SMILES string of the molecule is CC1COC(CC(=O)C2CC2)O1. The summed E-state index contributed by atoms with van der Waals surface area (Å²) in [5, 5.41) is 0. The molecule has 2 unspecified atom stereocenters. The molecular formula is C9H14O3. The maximum absolute atomic E-state index is 11.3. The Morgan fingerprint density at radius 2 is 2.25 bits per heavy atom. The molecule has 3 heteroatoms. The van der Waals surface area contributed by atoms with Crippen molar-refractivity contribution in [2.75, 3.05) is 6.61 Å². The van der Waals surface area contributed by atoms with E-state index in [0.29, 0.717) is 24.7 Å². The summed E-state index contributed by atoms with van der Waals surface area (Å²) in [6.07, 6.45) is 2.49. The zero-order valence-corrected chi connectivity index (χ0v) is 7.29. The maximum Gasteiger partial charge on any atom is 0.165 e. The second kappa shape index (κ2) is 3.15. The van der Waals surface area contributed by atoms with Crippen molar-refractivity contribution < 1.29 is 14.3 Å². The van der Waals surface area contributed by atoms with Gasteiger partial charge in [0, 0.05) is 5.92 Å². The van der Waals surface area contributed by atoms with Gasteiger partial charge in [0.2, 0.25) is 0 Å². The minimum absolute atomic E-state index is 0.155. The first-order chi connectivity index (χ1) is 5.75. The number of ketones is 1. The van der Waals surface area contributed by atoms with Crippen LogP contribution in [0.4, 0.5) is 0 Å². The molecule has 0 aromatic carbocycles. The van der Waals surface area contributed by atoms with E-state index in [1.807, 2.05) is 6.92 Å².